The van der Waals surface area contributed by atoms with Crippen molar-refractivity contribution in [2.45, 2.75) is 45.1 Å². The molecular weight excluding hydrogens is 176 g/mol. The summed E-state index contributed by atoms with van der Waals surface area (Å²) >= 11 is 0. The van der Waals surface area contributed by atoms with Crippen LogP contribution < -0.4 is 10.6 Å². The van der Waals surface area contributed by atoms with E-state index in [2.05, 4.69) is 17.6 Å². The van der Waals surface area contributed by atoms with Crippen molar-refractivity contribution in [2.75, 3.05) is 13.6 Å². The predicted octanol–water partition coefficient (Wildman–Crippen LogP) is 1.29. The second-order valence-corrected chi connectivity index (χ2v) is 4.39. The summed E-state index contributed by atoms with van der Waals surface area (Å²) in [6, 6.07) is 0.433. The Hall–Kier alpha value is -0.570. The van der Waals surface area contributed by atoms with Crippen LogP contribution in [0.1, 0.15) is 39.0 Å². The molecule has 3 nitrogen and oxygen atoms in total. The first kappa shape index (κ1) is 11.5. The van der Waals surface area contributed by atoms with Crippen LogP contribution in [0.5, 0.6) is 0 Å². The third-order valence-corrected chi connectivity index (χ3v) is 2.90. The zero-order valence-electron chi connectivity index (χ0n) is 9.31. The number of nitrogens with one attached hydrogen (secondary N) is 2. The van der Waals surface area contributed by atoms with E-state index in [1.165, 1.54) is 12.8 Å². The van der Waals surface area contributed by atoms with Crippen molar-refractivity contribution in [1.82, 2.24) is 10.6 Å². The summed E-state index contributed by atoms with van der Waals surface area (Å²) in [7, 11) is 1.87. The molecule has 1 rings (SSSR count). The van der Waals surface area contributed by atoms with Gasteiger partial charge in [-0.3, -0.25) is 4.79 Å². The van der Waals surface area contributed by atoms with Gasteiger partial charge in [0.2, 0.25) is 5.91 Å². The smallest absolute Gasteiger partial charge is 0.221 e. The summed E-state index contributed by atoms with van der Waals surface area (Å²) in [5.41, 5.74) is 0. The molecule has 1 amide bonds. The zero-order valence-corrected chi connectivity index (χ0v) is 9.31. The Bertz CT molecular complexity index is 182. The Morgan fingerprint density at radius 2 is 2.21 bits per heavy atom. The van der Waals surface area contributed by atoms with Gasteiger partial charge in [0, 0.05) is 19.0 Å². The number of carbonyl (C=O) groups is 1. The maximum absolute atomic E-state index is 11.4. The Balaban J connectivity index is 2.18. The fraction of sp³-hybridized carbons (Fsp3) is 0.909. The molecule has 0 saturated heterocycles. The lowest BCUT2D eigenvalue weighted by Crippen LogP contribution is -2.38. The van der Waals surface area contributed by atoms with E-state index in [1.54, 1.807) is 0 Å². The molecule has 14 heavy (non-hydrogen) atoms. The van der Waals surface area contributed by atoms with Crippen LogP contribution in [0.4, 0.5) is 0 Å². The average molecular weight is 198 g/mol. The van der Waals surface area contributed by atoms with Gasteiger partial charge in [-0.1, -0.05) is 19.8 Å². The highest BCUT2D eigenvalue weighted by atomic mass is 16.1. The molecule has 1 aliphatic carbocycles. The van der Waals surface area contributed by atoms with Crippen molar-refractivity contribution in [3.8, 4) is 0 Å². The number of amides is 1. The maximum Gasteiger partial charge on any atom is 0.221 e. The summed E-state index contributed by atoms with van der Waals surface area (Å²) in [5, 5.41) is 6.09. The fourth-order valence-electron chi connectivity index (χ4n) is 2.10. The molecule has 0 spiro atoms. The molecule has 0 aromatic heterocycles. The molecule has 2 N–H and O–H groups in total. The third-order valence-electron chi connectivity index (χ3n) is 2.90. The summed E-state index contributed by atoms with van der Waals surface area (Å²) in [4.78, 5) is 11.4. The molecule has 0 heterocycles. The van der Waals surface area contributed by atoms with E-state index >= 15 is 0 Å². The van der Waals surface area contributed by atoms with Crippen LogP contribution >= 0.6 is 0 Å². The standard InChI is InChI=1S/C11H22N2O/c1-9-4-3-5-10(8-9)13-11(14)6-7-12-2/h9-10,12H,3-8H2,1-2H3,(H,13,14). The first-order chi connectivity index (χ1) is 6.72. The van der Waals surface area contributed by atoms with Gasteiger partial charge in [-0.25, -0.2) is 0 Å². The number of hydrogen-bond acceptors (Lipinski definition) is 2. The highest BCUT2D eigenvalue weighted by Crippen LogP contribution is 2.23. The van der Waals surface area contributed by atoms with Crippen molar-refractivity contribution in [3.63, 3.8) is 0 Å². The van der Waals surface area contributed by atoms with E-state index in [0.717, 1.165) is 25.3 Å². The van der Waals surface area contributed by atoms with Gasteiger partial charge in [-0.2, -0.15) is 0 Å². The highest BCUT2D eigenvalue weighted by Gasteiger charge is 2.19. The second kappa shape index (κ2) is 6.02. The molecule has 0 bridgehead atoms. The molecule has 2 unspecified atom stereocenters. The van der Waals surface area contributed by atoms with Crippen LogP contribution in [0.25, 0.3) is 0 Å². The minimum absolute atomic E-state index is 0.193. The minimum Gasteiger partial charge on any atom is -0.353 e. The molecule has 82 valence electrons. The molecule has 0 aliphatic heterocycles. The number of rotatable bonds is 4. The summed E-state index contributed by atoms with van der Waals surface area (Å²) in [6.07, 6.45) is 5.50. The second-order valence-electron chi connectivity index (χ2n) is 4.39. The van der Waals surface area contributed by atoms with Crippen LogP contribution in [0.3, 0.4) is 0 Å². The Labute approximate surface area is 86.6 Å². The van der Waals surface area contributed by atoms with Gasteiger partial charge in [0.1, 0.15) is 0 Å². The molecule has 2 atom stereocenters. The van der Waals surface area contributed by atoms with Gasteiger partial charge >= 0.3 is 0 Å². The Kier molecular flexibility index (Phi) is 4.94. The van der Waals surface area contributed by atoms with Gasteiger partial charge < -0.3 is 10.6 Å². The van der Waals surface area contributed by atoms with E-state index < -0.39 is 0 Å². The van der Waals surface area contributed by atoms with E-state index in [0.29, 0.717) is 12.5 Å². The number of hydrogen-bond donors (Lipinski definition) is 2. The first-order valence-corrected chi connectivity index (χ1v) is 5.66. The Morgan fingerprint density at radius 3 is 2.86 bits per heavy atom. The lowest BCUT2D eigenvalue weighted by molar-refractivity contribution is -0.122. The lowest BCUT2D eigenvalue weighted by Gasteiger charge is -2.27. The maximum atomic E-state index is 11.4. The topological polar surface area (TPSA) is 41.1 Å². The molecule has 1 fully saturated rings. The zero-order chi connectivity index (χ0) is 10.4. The van der Waals surface area contributed by atoms with Crippen LogP contribution in [0.2, 0.25) is 0 Å². The summed E-state index contributed by atoms with van der Waals surface area (Å²) < 4.78 is 0. The van der Waals surface area contributed by atoms with Gasteiger partial charge in [0.25, 0.3) is 0 Å². The van der Waals surface area contributed by atoms with E-state index in [4.69, 9.17) is 0 Å². The molecule has 0 aromatic carbocycles. The van der Waals surface area contributed by atoms with Crippen LogP contribution in [-0.4, -0.2) is 25.5 Å². The monoisotopic (exact) mass is 198 g/mol. The van der Waals surface area contributed by atoms with E-state index in [9.17, 15) is 4.79 Å². The normalized spacial score (nSPS) is 27.3. The molecule has 1 aliphatic rings. The van der Waals surface area contributed by atoms with Crippen LogP contribution in [0, 0.1) is 5.92 Å². The quantitative estimate of drug-likeness (QED) is 0.714. The summed E-state index contributed by atoms with van der Waals surface area (Å²) in [6.45, 7) is 3.04. The SMILES string of the molecule is CNCCC(=O)NC1CCCC(C)C1. The molecule has 0 aromatic rings. The predicted molar refractivity (Wildman–Crippen MR) is 58.1 cm³/mol. The van der Waals surface area contributed by atoms with Gasteiger partial charge in [0.15, 0.2) is 0 Å². The summed E-state index contributed by atoms with van der Waals surface area (Å²) in [5.74, 6) is 0.969. The van der Waals surface area contributed by atoms with Gasteiger partial charge in [-0.05, 0) is 25.8 Å². The third kappa shape index (κ3) is 4.09. The van der Waals surface area contributed by atoms with Gasteiger partial charge in [0.05, 0.1) is 0 Å². The van der Waals surface area contributed by atoms with Crippen molar-refractivity contribution < 1.29 is 4.79 Å². The van der Waals surface area contributed by atoms with Crippen molar-refractivity contribution in [3.05, 3.63) is 0 Å². The minimum atomic E-state index is 0.193. The molecule has 1 saturated carbocycles. The largest absolute Gasteiger partial charge is 0.353 e. The lowest BCUT2D eigenvalue weighted by atomic mass is 9.87. The van der Waals surface area contributed by atoms with Crippen LogP contribution in [-0.2, 0) is 4.79 Å². The molecular formula is C11H22N2O. The van der Waals surface area contributed by atoms with Crippen LogP contribution in [0.15, 0.2) is 0 Å². The van der Waals surface area contributed by atoms with E-state index in [1.807, 2.05) is 7.05 Å². The van der Waals surface area contributed by atoms with Crippen molar-refractivity contribution in [1.29, 1.82) is 0 Å². The Morgan fingerprint density at radius 1 is 1.43 bits per heavy atom. The first-order valence-electron chi connectivity index (χ1n) is 5.66. The van der Waals surface area contributed by atoms with Crippen molar-refractivity contribution in [2.24, 2.45) is 5.92 Å². The number of carbonyl (C=O) groups excluding carboxylic acids is 1. The van der Waals surface area contributed by atoms with Crippen molar-refractivity contribution >= 4 is 5.91 Å². The molecule has 0 radical (unpaired) electrons. The highest BCUT2D eigenvalue weighted by molar-refractivity contribution is 5.76. The molecule has 3 heteroatoms. The van der Waals surface area contributed by atoms with Gasteiger partial charge in [-0.15, -0.1) is 0 Å². The average Bonchev–Trinajstić information content (AvgIpc) is 2.15. The van der Waals surface area contributed by atoms with E-state index in [-0.39, 0.29) is 5.91 Å². The fourth-order valence-corrected chi connectivity index (χ4v) is 2.10.